The molecule has 1 aromatic heterocycles. The Hall–Kier alpha value is -2.34. The van der Waals surface area contributed by atoms with Crippen LogP contribution in [0, 0.1) is 0 Å². The van der Waals surface area contributed by atoms with Gasteiger partial charge >= 0.3 is 5.97 Å². The highest BCUT2D eigenvalue weighted by Crippen LogP contribution is 2.27. The summed E-state index contributed by atoms with van der Waals surface area (Å²) in [5, 5.41) is 4.28. The van der Waals surface area contributed by atoms with Gasteiger partial charge in [0.15, 0.2) is 0 Å². The van der Waals surface area contributed by atoms with Crippen molar-refractivity contribution >= 4 is 22.8 Å². The van der Waals surface area contributed by atoms with Crippen LogP contribution in [-0.4, -0.2) is 28.1 Å². The number of rotatable bonds is 3. The summed E-state index contributed by atoms with van der Waals surface area (Å²) >= 11 is 0. The van der Waals surface area contributed by atoms with E-state index in [1.54, 1.807) is 0 Å². The molecule has 1 atom stereocenters. The van der Waals surface area contributed by atoms with Gasteiger partial charge in [0, 0.05) is 24.7 Å². The fourth-order valence-electron chi connectivity index (χ4n) is 3.12. The second-order valence-corrected chi connectivity index (χ2v) is 7.22. The number of nitrogens with two attached hydrogens (primary N) is 1. The average molecular weight is 329 g/mol. The number of primary amides is 1. The van der Waals surface area contributed by atoms with Gasteiger partial charge in [0.1, 0.15) is 11.6 Å². The van der Waals surface area contributed by atoms with Gasteiger partial charge in [-0.3, -0.25) is 14.9 Å². The lowest BCUT2D eigenvalue weighted by Gasteiger charge is -2.24. The van der Waals surface area contributed by atoms with E-state index in [4.69, 9.17) is 10.5 Å². The standard InChI is InChI=1S/C18H23N3O3/c1-18(2,3)24-17(23)14-10-21-7-6-13-11(8-15(19)22)4-5-12(9-20-14)16(13)21/h4-7,14,20H,8-10H2,1-3H3,(H2,19,22). The van der Waals surface area contributed by atoms with Crippen LogP contribution in [-0.2, 0) is 33.8 Å². The van der Waals surface area contributed by atoms with Gasteiger partial charge in [0.25, 0.3) is 0 Å². The summed E-state index contributed by atoms with van der Waals surface area (Å²) in [6.07, 6.45) is 2.16. The van der Waals surface area contributed by atoms with E-state index in [9.17, 15) is 9.59 Å². The molecule has 0 aliphatic carbocycles. The third kappa shape index (κ3) is 3.28. The fraction of sp³-hybridized carbons (Fsp3) is 0.444. The maximum absolute atomic E-state index is 12.4. The van der Waals surface area contributed by atoms with Gasteiger partial charge < -0.3 is 15.0 Å². The molecule has 6 heteroatoms. The van der Waals surface area contributed by atoms with E-state index in [1.165, 1.54) is 0 Å². The molecule has 3 rings (SSSR count). The molecule has 2 aromatic rings. The molecule has 0 fully saturated rings. The summed E-state index contributed by atoms with van der Waals surface area (Å²) in [5.74, 6) is -0.606. The van der Waals surface area contributed by atoms with Crippen LogP contribution in [0.1, 0.15) is 31.9 Å². The highest BCUT2D eigenvalue weighted by molar-refractivity contribution is 5.91. The second-order valence-electron chi connectivity index (χ2n) is 7.22. The van der Waals surface area contributed by atoms with Crippen molar-refractivity contribution in [3.05, 3.63) is 35.5 Å². The molecule has 0 saturated carbocycles. The molecule has 1 aliphatic heterocycles. The van der Waals surface area contributed by atoms with Crippen molar-refractivity contribution in [1.29, 1.82) is 0 Å². The maximum Gasteiger partial charge on any atom is 0.325 e. The first kappa shape index (κ1) is 16.5. The number of ether oxygens (including phenoxy) is 1. The Labute approximate surface area is 141 Å². The van der Waals surface area contributed by atoms with Crippen LogP contribution in [0.4, 0.5) is 0 Å². The van der Waals surface area contributed by atoms with Crippen LogP contribution in [0.2, 0.25) is 0 Å². The first-order valence-corrected chi connectivity index (χ1v) is 8.09. The van der Waals surface area contributed by atoms with Crippen molar-refractivity contribution in [1.82, 2.24) is 9.88 Å². The van der Waals surface area contributed by atoms with Gasteiger partial charge in [0.05, 0.1) is 11.9 Å². The summed E-state index contributed by atoms with van der Waals surface area (Å²) in [5.41, 5.74) is 7.88. The molecule has 2 heterocycles. The van der Waals surface area contributed by atoms with Gasteiger partial charge in [-0.25, -0.2) is 0 Å². The largest absolute Gasteiger partial charge is 0.459 e. The zero-order valence-electron chi connectivity index (χ0n) is 14.3. The van der Waals surface area contributed by atoms with Crippen LogP contribution in [0.25, 0.3) is 10.9 Å². The van der Waals surface area contributed by atoms with E-state index < -0.39 is 11.6 Å². The average Bonchev–Trinajstić information content (AvgIpc) is 2.77. The zero-order valence-corrected chi connectivity index (χ0v) is 14.3. The van der Waals surface area contributed by atoms with Gasteiger partial charge in [0.2, 0.25) is 5.91 Å². The third-order valence-electron chi connectivity index (χ3n) is 4.07. The fourth-order valence-corrected chi connectivity index (χ4v) is 3.12. The number of nitrogens with zero attached hydrogens (tertiary/aromatic N) is 1. The van der Waals surface area contributed by atoms with E-state index in [2.05, 4.69) is 5.32 Å². The molecule has 6 nitrogen and oxygen atoms in total. The summed E-state index contributed by atoms with van der Waals surface area (Å²) in [6, 6.07) is 5.49. The minimum Gasteiger partial charge on any atom is -0.459 e. The van der Waals surface area contributed by atoms with Gasteiger partial charge in [-0.05, 0) is 38.0 Å². The zero-order chi connectivity index (χ0) is 17.5. The molecule has 3 N–H and O–H groups in total. The monoisotopic (exact) mass is 329 g/mol. The molecule has 1 unspecified atom stereocenters. The van der Waals surface area contributed by atoms with Gasteiger partial charge in [-0.15, -0.1) is 0 Å². The summed E-state index contributed by atoms with van der Waals surface area (Å²) in [6.45, 7) is 6.65. The number of benzene rings is 1. The Kier molecular flexibility index (Phi) is 4.09. The lowest BCUT2D eigenvalue weighted by Crippen LogP contribution is -2.42. The summed E-state index contributed by atoms with van der Waals surface area (Å²) < 4.78 is 7.55. The lowest BCUT2D eigenvalue weighted by atomic mass is 10.0. The second kappa shape index (κ2) is 5.94. The topological polar surface area (TPSA) is 86.3 Å². The van der Waals surface area contributed by atoms with E-state index in [-0.39, 0.29) is 18.3 Å². The Morgan fingerprint density at radius 1 is 1.33 bits per heavy atom. The maximum atomic E-state index is 12.4. The van der Waals surface area contributed by atoms with Crippen molar-refractivity contribution in [3.8, 4) is 0 Å². The van der Waals surface area contributed by atoms with Crippen molar-refractivity contribution in [2.75, 3.05) is 0 Å². The first-order chi connectivity index (χ1) is 11.2. The smallest absolute Gasteiger partial charge is 0.325 e. The molecular formula is C18H23N3O3. The molecule has 128 valence electrons. The van der Waals surface area contributed by atoms with Gasteiger partial charge in [-0.1, -0.05) is 12.1 Å². The molecule has 0 bridgehead atoms. The molecule has 1 aromatic carbocycles. The van der Waals surface area contributed by atoms with E-state index >= 15 is 0 Å². The lowest BCUT2D eigenvalue weighted by molar-refractivity contribution is -0.157. The number of esters is 1. The normalized spacial score (nSPS) is 17.5. The molecule has 0 radical (unpaired) electrons. The first-order valence-electron chi connectivity index (χ1n) is 8.09. The Morgan fingerprint density at radius 3 is 2.75 bits per heavy atom. The predicted octanol–water partition coefficient (Wildman–Crippen LogP) is 1.48. The van der Waals surface area contributed by atoms with Crippen LogP contribution in [0.15, 0.2) is 24.4 Å². The van der Waals surface area contributed by atoms with Crippen LogP contribution < -0.4 is 11.1 Å². The highest BCUT2D eigenvalue weighted by atomic mass is 16.6. The van der Waals surface area contributed by atoms with Crippen molar-refractivity contribution in [2.24, 2.45) is 5.73 Å². The number of carbonyl (C=O) groups excluding carboxylic acids is 2. The van der Waals surface area contributed by atoms with E-state index in [0.29, 0.717) is 13.1 Å². The minimum atomic E-state index is -0.515. The molecule has 0 spiro atoms. The Bertz CT molecular complexity index is 802. The molecule has 1 aliphatic rings. The Balaban J connectivity index is 1.93. The van der Waals surface area contributed by atoms with Crippen molar-refractivity contribution < 1.29 is 14.3 Å². The number of amides is 1. The summed E-state index contributed by atoms with van der Waals surface area (Å²) in [7, 11) is 0. The minimum absolute atomic E-state index is 0.212. The molecular weight excluding hydrogens is 306 g/mol. The Morgan fingerprint density at radius 2 is 2.08 bits per heavy atom. The number of hydrogen-bond donors (Lipinski definition) is 2. The predicted molar refractivity (Wildman–Crippen MR) is 91.3 cm³/mol. The number of hydrogen-bond acceptors (Lipinski definition) is 4. The number of nitrogens with one attached hydrogen (secondary N) is 1. The van der Waals surface area contributed by atoms with Gasteiger partial charge in [-0.2, -0.15) is 0 Å². The van der Waals surface area contributed by atoms with Crippen LogP contribution in [0.5, 0.6) is 0 Å². The van der Waals surface area contributed by atoms with Crippen molar-refractivity contribution in [2.45, 2.75) is 51.9 Å². The summed E-state index contributed by atoms with van der Waals surface area (Å²) in [4.78, 5) is 23.7. The van der Waals surface area contributed by atoms with E-state index in [0.717, 1.165) is 22.0 Å². The van der Waals surface area contributed by atoms with E-state index in [1.807, 2.05) is 49.7 Å². The molecule has 1 amide bonds. The van der Waals surface area contributed by atoms with Crippen molar-refractivity contribution in [3.63, 3.8) is 0 Å². The molecule has 24 heavy (non-hydrogen) atoms. The third-order valence-corrected chi connectivity index (χ3v) is 4.07. The highest BCUT2D eigenvalue weighted by Gasteiger charge is 2.28. The number of carbonyl (C=O) groups is 2. The number of aromatic nitrogens is 1. The van der Waals surface area contributed by atoms with Crippen LogP contribution >= 0.6 is 0 Å². The quantitative estimate of drug-likeness (QED) is 0.835. The molecule has 0 saturated heterocycles. The SMILES string of the molecule is CC(C)(C)OC(=O)C1Cn2ccc3c(CC(N)=O)ccc(c32)CN1. The van der Waals surface area contributed by atoms with Crippen LogP contribution in [0.3, 0.4) is 0 Å².